The molecule has 2 fully saturated rings. The average Bonchev–Trinajstić information content (AvgIpc) is 1.57. The molecule has 0 spiro atoms. The van der Waals surface area contributed by atoms with Crippen LogP contribution in [0.2, 0.25) is 0 Å². The van der Waals surface area contributed by atoms with Gasteiger partial charge in [-0.05, 0) is 192 Å². The highest BCUT2D eigenvalue weighted by molar-refractivity contribution is 6.61. The summed E-state index contributed by atoms with van der Waals surface area (Å²) >= 11 is 0. The van der Waals surface area contributed by atoms with Gasteiger partial charge in [-0.3, -0.25) is 23.7 Å². The van der Waals surface area contributed by atoms with E-state index in [0.29, 0.717) is 18.9 Å². The lowest BCUT2D eigenvalue weighted by Gasteiger charge is -2.33. The lowest BCUT2D eigenvalue weighted by molar-refractivity contribution is -0.201. The van der Waals surface area contributed by atoms with E-state index in [1.807, 2.05) is 32.9 Å². The zero-order chi connectivity index (χ0) is 76.7. The highest BCUT2D eigenvalue weighted by Crippen LogP contribution is 2.46. The Hall–Kier alpha value is -8.34. The second-order valence-corrected chi connectivity index (χ2v) is 34.3. The van der Waals surface area contributed by atoms with Crippen molar-refractivity contribution in [3.63, 3.8) is 0 Å². The number of aromatic nitrogens is 6. The molecular formula is C93H115BN6O8. The molecule has 15 heteroatoms. The van der Waals surface area contributed by atoms with E-state index in [1.54, 1.807) is 0 Å². The molecule has 4 aliphatic heterocycles. The fourth-order valence-corrected chi connectivity index (χ4v) is 17.0. The van der Waals surface area contributed by atoms with Crippen LogP contribution in [0, 0.1) is 19.3 Å². The molecule has 14 nitrogen and oxygen atoms in total. The Balaban J connectivity index is 0.941. The van der Waals surface area contributed by atoms with Crippen LogP contribution in [0.4, 0.5) is 0 Å². The molecule has 0 radical (unpaired) electrons. The van der Waals surface area contributed by atoms with Gasteiger partial charge in [-0.25, -0.2) is 14.5 Å². The van der Waals surface area contributed by atoms with E-state index in [2.05, 4.69) is 167 Å². The smallest absolute Gasteiger partial charge is 0.407 e. The van der Waals surface area contributed by atoms with E-state index >= 15 is 0 Å². The first-order chi connectivity index (χ1) is 51.7. The number of rotatable bonds is 26. The SMILES string of the molecule is CCCCCCC1=C(C)c2nc1cc1[nH]c(c(C)c1CCCCCC)c(-c1ccc(C3OCC(n4c(=O)c5cc6c(=O)n(-c7cc(C(C)(C)C)ccc7C(C)(C)C)c(=O)c6cc5c4=O)CO3)cc1)c1[nH]c(cc3nc(c2-c2ccc(B4OCC(C)(C)CO4)cc2)C(C)=C3CCCCCC)c(CCCCCC)c1C. The summed E-state index contributed by atoms with van der Waals surface area (Å²) in [6.45, 7) is 36.4. The summed E-state index contributed by atoms with van der Waals surface area (Å²) in [5.41, 5.74) is 23.7. The lowest BCUT2D eigenvalue weighted by atomic mass is 9.75. The van der Waals surface area contributed by atoms with Crippen LogP contribution < -0.4 is 27.7 Å². The number of hydrogen-bond acceptors (Lipinski definition) is 10. The Labute approximate surface area is 639 Å². The molecule has 2 N–H and O–H groups in total. The highest BCUT2D eigenvalue weighted by atomic mass is 16.7. The largest absolute Gasteiger partial charge is 0.493 e. The van der Waals surface area contributed by atoms with Crippen molar-refractivity contribution in [2.75, 3.05) is 26.4 Å². The van der Waals surface area contributed by atoms with Crippen LogP contribution in [0.3, 0.4) is 0 Å². The zero-order valence-electron chi connectivity index (χ0n) is 67.4. The van der Waals surface area contributed by atoms with Gasteiger partial charge < -0.3 is 28.8 Å². The van der Waals surface area contributed by atoms with Crippen LogP contribution in [0.15, 0.2) is 110 Å². The Morgan fingerprint density at radius 3 is 1.38 bits per heavy atom. The normalized spacial score (nSPS) is 16.5. The number of nitrogens with one attached hydrogen (secondary N) is 2. The van der Waals surface area contributed by atoms with Crippen LogP contribution in [0.1, 0.15) is 287 Å². The number of fused-ring (bicyclic) bond motifs is 10. The predicted molar refractivity (Wildman–Crippen MR) is 448 cm³/mol. The number of allylic oxidation sites excluding steroid dienone is 4. The van der Waals surface area contributed by atoms with Gasteiger partial charge in [0.05, 0.1) is 80.3 Å². The topological polar surface area (TPSA) is 172 Å². The van der Waals surface area contributed by atoms with Gasteiger partial charge in [0.2, 0.25) is 0 Å². The number of ether oxygens (including phenoxy) is 2. The number of aryl methyl sites for hydroxylation is 4. The summed E-state index contributed by atoms with van der Waals surface area (Å²) < 4.78 is 28.2. The van der Waals surface area contributed by atoms with Gasteiger partial charge in [0.15, 0.2) is 6.29 Å². The van der Waals surface area contributed by atoms with Crippen molar-refractivity contribution in [2.24, 2.45) is 5.41 Å². The molecule has 5 aromatic heterocycles. The molecule has 0 saturated carbocycles. The number of H-pyrrole nitrogens is 2. The second kappa shape index (κ2) is 32.3. The molecule has 4 aromatic carbocycles. The van der Waals surface area contributed by atoms with Gasteiger partial charge in [-0.15, -0.1) is 0 Å². The Morgan fingerprint density at radius 2 is 0.935 bits per heavy atom. The number of aromatic amines is 2. The van der Waals surface area contributed by atoms with Crippen molar-refractivity contribution >= 4 is 78.5 Å². The van der Waals surface area contributed by atoms with Crippen molar-refractivity contribution in [1.82, 2.24) is 29.1 Å². The summed E-state index contributed by atoms with van der Waals surface area (Å²) in [6, 6.07) is 30.2. The molecule has 108 heavy (non-hydrogen) atoms. The molecule has 2 saturated heterocycles. The highest BCUT2D eigenvalue weighted by Gasteiger charge is 2.36. The van der Waals surface area contributed by atoms with E-state index < -0.39 is 47.1 Å². The molecule has 9 heterocycles. The molecule has 4 aliphatic rings. The summed E-state index contributed by atoms with van der Waals surface area (Å²) in [5.74, 6) is 0. The first-order valence-electron chi connectivity index (χ1n) is 40.7. The maximum atomic E-state index is 14.5. The van der Waals surface area contributed by atoms with Gasteiger partial charge in [-0.2, -0.15) is 0 Å². The summed E-state index contributed by atoms with van der Waals surface area (Å²) in [5, 5.41) is 0.354. The number of hydrogen-bond donors (Lipinski definition) is 2. The monoisotopic (exact) mass is 1450 g/mol. The average molecular weight is 1460 g/mol. The van der Waals surface area contributed by atoms with Gasteiger partial charge in [0, 0.05) is 46.4 Å². The Kier molecular flexibility index (Phi) is 23.3. The molecule has 13 rings (SSSR count). The van der Waals surface area contributed by atoms with Gasteiger partial charge in [-0.1, -0.05) is 221 Å². The molecule has 0 unspecified atom stereocenters. The standard InChI is InChI=1S/C93H115BN6O8/c1-17-21-25-29-33-66-56(5)82-80(60-37-39-62(40-38-60)90-105-52-65(53-106-90)99-86(101)70-48-72-73(49-71(70)87(99)102)89(104)100(88(72)103)79-47-63(91(9,10)11)43-46-74(79)92(12,13)14)83-57(6)67(34-30-26-22-18-2)76(96-83)51-78-69(36-32-28-24-20-4)59(8)85(98-78)81(61-41-44-64(45-42-61)94-107-54-93(15,16)55-108-94)84-58(7)68(35-31-27-23-19-3)77(97-84)50-75(66)95-82/h37-51,65,90,95-96H,17-36,52-55H2,1-16H3. The van der Waals surface area contributed by atoms with Crippen LogP contribution in [0.5, 0.6) is 0 Å². The third-order valence-electron chi connectivity index (χ3n) is 23.5. The summed E-state index contributed by atoms with van der Waals surface area (Å²) in [4.78, 5) is 78.4. The van der Waals surface area contributed by atoms with E-state index in [0.717, 1.165) is 192 Å². The zero-order valence-corrected chi connectivity index (χ0v) is 67.4. The Bertz CT molecular complexity index is 5090. The van der Waals surface area contributed by atoms with E-state index in [-0.39, 0.29) is 45.6 Å². The number of nitrogens with zero attached hydrogens (tertiary/aromatic N) is 4. The minimum absolute atomic E-state index is 0.0149. The maximum Gasteiger partial charge on any atom is 0.493 e. The van der Waals surface area contributed by atoms with Crippen molar-refractivity contribution in [2.45, 2.75) is 262 Å². The van der Waals surface area contributed by atoms with Gasteiger partial charge in [0.25, 0.3) is 22.2 Å². The van der Waals surface area contributed by atoms with Crippen molar-refractivity contribution in [1.29, 1.82) is 0 Å². The minimum Gasteiger partial charge on any atom is -0.407 e. The van der Waals surface area contributed by atoms with Crippen molar-refractivity contribution < 1.29 is 18.8 Å². The van der Waals surface area contributed by atoms with Crippen LogP contribution >= 0.6 is 0 Å². The van der Waals surface area contributed by atoms with Crippen LogP contribution in [-0.4, -0.2) is 62.6 Å². The van der Waals surface area contributed by atoms with Crippen LogP contribution in [0.25, 0.3) is 93.8 Å². The van der Waals surface area contributed by atoms with Crippen molar-refractivity contribution in [3.8, 4) is 27.9 Å². The number of benzene rings is 4. The van der Waals surface area contributed by atoms with E-state index in [4.69, 9.17) is 28.8 Å². The second-order valence-electron chi connectivity index (χ2n) is 34.3. The maximum absolute atomic E-state index is 14.5. The molecular weight excluding hydrogens is 1340 g/mol. The molecule has 0 atom stereocenters. The van der Waals surface area contributed by atoms with Gasteiger partial charge in [0.1, 0.15) is 0 Å². The lowest BCUT2D eigenvalue weighted by Crippen LogP contribution is -2.47. The molecule has 8 bridgehead atoms. The fourth-order valence-electron chi connectivity index (χ4n) is 17.0. The summed E-state index contributed by atoms with van der Waals surface area (Å²) in [6.07, 6.45) is 20.9. The summed E-state index contributed by atoms with van der Waals surface area (Å²) in [7, 11) is -0.437. The molecule has 0 amide bonds. The quantitative estimate of drug-likeness (QED) is 0.0392. The number of unbranched alkanes of at least 4 members (excludes halogenated alkanes) is 12. The third kappa shape index (κ3) is 15.5. The minimum atomic E-state index is -0.794. The predicted octanol–water partition coefficient (Wildman–Crippen LogP) is 21.2. The molecule has 9 aromatic rings. The fraction of sp³-hybridized carbons (Fsp3) is 0.484. The van der Waals surface area contributed by atoms with Gasteiger partial charge >= 0.3 is 7.12 Å². The van der Waals surface area contributed by atoms with Crippen LogP contribution in [-0.2, 0) is 42.5 Å². The first-order valence-corrected chi connectivity index (χ1v) is 40.7. The van der Waals surface area contributed by atoms with E-state index in [1.165, 1.54) is 91.5 Å². The Morgan fingerprint density at radius 1 is 0.500 bits per heavy atom. The molecule has 0 aliphatic carbocycles. The third-order valence-corrected chi connectivity index (χ3v) is 23.5. The van der Waals surface area contributed by atoms with E-state index in [9.17, 15) is 19.2 Å². The molecule has 568 valence electrons. The van der Waals surface area contributed by atoms with Crippen molar-refractivity contribution in [3.05, 3.63) is 194 Å². The first kappa shape index (κ1) is 77.8.